The molecule has 0 unspecified atom stereocenters. The lowest BCUT2D eigenvalue weighted by Crippen LogP contribution is -2.74. The third kappa shape index (κ3) is 16.7. The predicted octanol–water partition coefficient (Wildman–Crippen LogP) is 3.22. The zero-order chi connectivity index (χ0) is 60.6. The highest BCUT2D eigenvalue weighted by molar-refractivity contribution is 5.88. The molecule has 4 fully saturated rings. The van der Waals surface area contributed by atoms with E-state index in [1.54, 1.807) is 53.7 Å². The Hall–Kier alpha value is -3.05. The summed E-state index contributed by atoms with van der Waals surface area (Å²) in [5.74, 6) is -4.64. The van der Waals surface area contributed by atoms with E-state index in [9.17, 15) is 50.8 Å². The normalized spacial score (nSPS) is 47.2. The smallest absolute Gasteiger partial charge is 0.334 e. The summed E-state index contributed by atoms with van der Waals surface area (Å²) in [5, 5.41) is 102. The summed E-state index contributed by atoms with van der Waals surface area (Å²) in [6.07, 6.45) is -11.8. The molecule has 5 rings (SSSR count). The number of aliphatic hydroxyl groups is 9. The molecule has 0 aromatic heterocycles. The second-order valence-electron chi connectivity index (χ2n) is 23.4. The van der Waals surface area contributed by atoms with Gasteiger partial charge >= 0.3 is 5.97 Å². The van der Waals surface area contributed by atoms with Crippen LogP contribution in [0.5, 0.6) is 0 Å². The molecule has 464 valence electrons. The van der Waals surface area contributed by atoms with Gasteiger partial charge in [0.1, 0.15) is 60.2 Å². The molecule has 5 aliphatic heterocycles. The van der Waals surface area contributed by atoms with Crippen LogP contribution in [0.4, 0.5) is 0 Å². The van der Waals surface area contributed by atoms with E-state index in [0.717, 1.165) is 11.1 Å². The molecule has 24 atom stereocenters. The highest BCUT2D eigenvalue weighted by atomic mass is 16.7. The average Bonchev–Trinajstić information content (AvgIpc) is 3.57. The Bertz CT molecular complexity index is 2230. The molecule has 5 heterocycles. The van der Waals surface area contributed by atoms with Crippen molar-refractivity contribution in [2.45, 2.75) is 249 Å². The Morgan fingerprint density at radius 2 is 1.37 bits per heavy atom. The first kappa shape index (κ1) is 68.7. The molecule has 22 heteroatoms. The topological polar surface area (TPSA) is 310 Å². The molecule has 0 amide bonds. The van der Waals surface area contributed by atoms with Gasteiger partial charge in [0.2, 0.25) is 5.79 Å². The Labute approximate surface area is 477 Å². The summed E-state index contributed by atoms with van der Waals surface area (Å²) in [7, 11) is 5.64. The van der Waals surface area contributed by atoms with Crippen molar-refractivity contribution in [1.29, 1.82) is 0 Å². The number of carbonyl (C=O) groups is 1. The number of methoxy groups -OCH3 is 4. The first-order chi connectivity index (χ1) is 37.8. The maximum absolute atomic E-state index is 14.4. The molecule has 81 heavy (non-hydrogen) atoms. The standard InChI is InChI=1S/C59H96O22/c1-29-20-30(2)24-40(60)43(72-15)27-42(77-55(67)34(6)25-39(71-14)23-31(3)22-33(5)50(32(4)21-29)79-56-49(64)48(63)47(62)36(8)76-56)35(7)59(69)54(73-16)53(66)58(12,44(80-59)18-17-19-70-13)81-45-26-41(61)51(37(9)74-45)78-46-28-57(11,68)52(65)38(10)75-46/h20-25,33,35-38,40-54,56,60-66,68-69H,17-19,26-28H2,1-16H3/b29-20+,30-24+,31-22+,32-21+,34-25+,39-23+/t33-,35-,36-,37+,38-,40+,41+,42-,43-,44+,45+,46+,47-,48-,49-,50-,51-,52-,53+,54+,56+,57-,58-,59+/m1/s1. The van der Waals surface area contributed by atoms with Crippen molar-refractivity contribution < 1.29 is 108 Å². The molecule has 0 saturated carbocycles. The van der Waals surface area contributed by atoms with E-state index >= 15 is 0 Å². The van der Waals surface area contributed by atoms with Crippen LogP contribution < -0.4 is 0 Å². The minimum Gasteiger partial charge on any atom is -0.497 e. The molecule has 9 N–H and O–H groups in total. The van der Waals surface area contributed by atoms with Crippen molar-refractivity contribution in [2.75, 3.05) is 35.0 Å². The first-order valence-corrected chi connectivity index (χ1v) is 28.1. The number of cyclic esters (lactones) is 1. The summed E-state index contributed by atoms with van der Waals surface area (Å²) >= 11 is 0. The zero-order valence-corrected chi connectivity index (χ0v) is 50.2. The van der Waals surface area contributed by atoms with Crippen LogP contribution in [0.2, 0.25) is 0 Å². The van der Waals surface area contributed by atoms with Gasteiger partial charge in [-0.15, -0.1) is 0 Å². The quantitative estimate of drug-likeness (QED) is 0.0840. The third-order valence-corrected chi connectivity index (χ3v) is 16.5. The number of aliphatic hydroxyl groups excluding tert-OH is 7. The van der Waals surface area contributed by atoms with Crippen LogP contribution in [0.25, 0.3) is 0 Å². The highest BCUT2D eigenvalue weighted by Gasteiger charge is 2.64. The molecule has 4 saturated heterocycles. The lowest BCUT2D eigenvalue weighted by atomic mass is 9.75. The number of carbonyl (C=O) groups excluding carboxylic acids is 1. The van der Waals surface area contributed by atoms with E-state index in [1.807, 2.05) is 45.9 Å². The van der Waals surface area contributed by atoms with Gasteiger partial charge in [-0.25, -0.2) is 4.79 Å². The van der Waals surface area contributed by atoms with Crippen LogP contribution in [0.15, 0.2) is 70.1 Å². The minimum atomic E-state index is -2.44. The van der Waals surface area contributed by atoms with Gasteiger partial charge in [-0.05, 0) is 99.8 Å². The van der Waals surface area contributed by atoms with E-state index in [4.69, 9.17) is 56.8 Å². The first-order valence-electron chi connectivity index (χ1n) is 28.1. The second kappa shape index (κ2) is 29.4. The van der Waals surface area contributed by atoms with E-state index in [1.165, 1.54) is 48.4 Å². The number of esters is 1. The molecule has 0 spiro atoms. The predicted molar refractivity (Wildman–Crippen MR) is 293 cm³/mol. The van der Waals surface area contributed by atoms with Crippen molar-refractivity contribution in [2.24, 2.45) is 11.8 Å². The zero-order valence-electron chi connectivity index (χ0n) is 50.2. The Kier molecular flexibility index (Phi) is 24.9. The van der Waals surface area contributed by atoms with Crippen molar-refractivity contribution in [1.82, 2.24) is 0 Å². The Morgan fingerprint density at radius 3 is 1.98 bits per heavy atom. The fraction of sp³-hybridized carbons (Fsp3) is 0.780. The summed E-state index contributed by atoms with van der Waals surface area (Å²) in [5.41, 5.74) is -0.327. The van der Waals surface area contributed by atoms with Crippen LogP contribution in [-0.2, 0) is 61.6 Å². The SMILES string of the molecule is COCCC[C@@H]1O[C@@](O)([C@H](C)[C@H]2C[C@@H](OC)[C@@H](O)/C=C(C)/C=C(C)/C=C(\C)[C@@H](O[C@@H]3O[C@H](C)[C@@H](O)[C@@H](O)[C@H]3O)[C@H](C)/C=C(C)/C=C(OC)\C=C(/C)C(=O)O2)[C@@H](OC)[C@H](O)[C@]1(C)O[C@H]1C[C@H](O)[C@H](O[C@H]2C[C@@](C)(O)[C@H](O)[C@@H](C)O2)[C@H](C)O1. The van der Waals surface area contributed by atoms with E-state index < -0.39 is 151 Å². The number of hydrogen-bond donors (Lipinski definition) is 9. The number of allylic oxidation sites excluding steroid dienone is 7. The third-order valence-electron chi connectivity index (χ3n) is 16.5. The van der Waals surface area contributed by atoms with Gasteiger partial charge in [-0.2, -0.15) is 0 Å². The van der Waals surface area contributed by atoms with Crippen LogP contribution in [-0.4, -0.2) is 220 Å². The van der Waals surface area contributed by atoms with Gasteiger partial charge in [-0.3, -0.25) is 0 Å². The van der Waals surface area contributed by atoms with Crippen LogP contribution in [0, 0.1) is 11.8 Å². The Morgan fingerprint density at radius 1 is 0.716 bits per heavy atom. The number of hydrogen-bond acceptors (Lipinski definition) is 22. The molecule has 0 aromatic rings. The molecule has 0 radical (unpaired) electrons. The molecule has 0 aliphatic carbocycles. The van der Waals surface area contributed by atoms with Gasteiger partial charge in [-0.1, -0.05) is 54.9 Å². The molecule has 0 bridgehead atoms. The largest absolute Gasteiger partial charge is 0.497 e. The fourth-order valence-corrected chi connectivity index (χ4v) is 11.7. The monoisotopic (exact) mass is 1160 g/mol. The summed E-state index contributed by atoms with van der Waals surface area (Å²) in [4.78, 5) is 14.4. The average molecular weight is 1160 g/mol. The Balaban J connectivity index is 1.49. The lowest BCUT2D eigenvalue weighted by Gasteiger charge is -2.57. The van der Waals surface area contributed by atoms with Crippen LogP contribution in [0.1, 0.15) is 115 Å². The fourth-order valence-electron chi connectivity index (χ4n) is 11.7. The summed E-state index contributed by atoms with van der Waals surface area (Å²) < 4.78 is 73.2. The summed E-state index contributed by atoms with van der Waals surface area (Å²) in [6.45, 7) is 20.5. The molecule has 22 nitrogen and oxygen atoms in total. The minimum absolute atomic E-state index is 0.0661. The van der Waals surface area contributed by atoms with E-state index in [2.05, 4.69) is 0 Å². The molecule has 0 aromatic carbocycles. The molecular weight excluding hydrogens is 1060 g/mol. The van der Waals surface area contributed by atoms with Gasteiger partial charge < -0.3 is 103 Å². The van der Waals surface area contributed by atoms with Gasteiger partial charge in [0, 0.05) is 58.7 Å². The van der Waals surface area contributed by atoms with Crippen LogP contribution >= 0.6 is 0 Å². The van der Waals surface area contributed by atoms with Crippen LogP contribution in [0.3, 0.4) is 0 Å². The molecule has 5 aliphatic rings. The lowest BCUT2D eigenvalue weighted by molar-refractivity contribution is -0.416. The highest BCUT2D eigenvalue weighted by Crippen LogP contribution is 2.47. The van der Waals surface area contributed by atoms with Gasteiger partial charge in [0.05, 0.1) is 67.5 Å². The molecular formula is C59H96O22. The second-order valence-corrected chi connectivity index (χ2v) is 23.4. The van der Waals surface area contributed by atoms with Crippen molar-refractivity contribution in [3.05, 3.63) is 70.1 Å². The van der Waals surface area contributed by atoms with Crippen molar-refractivity contribution in [3.8, 4) is 0 Å². The van der Waals surface area contributed by atoms with Crippen molar-refractivity contribution >= 4 is 5.97 Å². The van der Waals surface area contributed by atoms with E-state index in [-0.39, 0.29) is 43.6 Å². The van der Waals surface area contributed by atoms with Gasteiger partial charge in [0.25, 0.3) is 0 Å². The van der Waals surface area contributed by atoms with Crippen molar-refractivity contribution in [3.63, 3.8) is 0 Å². The summed E-state index contributed by atoms with van der Waals surface area (Å²) in [6, 6.07) is 0. The van der Waals surface area contributed by atoms with Gasteiger partial charge in [0.15, 0.2) is 18.9 Å². The maximum atomic E-state index is 14.4. The number of rotatable bonds is 15. The van der Waals surface area contributed by atoms with E-state index in [0.29, 0.717) is 17.6 Å². The number of ether oxygens (including phenoxy) is 12. The maximum Gasteiger partial charge on any atom is 0.334 e.